The number of nitrogens with two attached hydrogens (primary N) is 1. The average Bonchev–Trinajstić information content (AvgIpc) is 2.35. The van der Waals surface area contributed by atoms with Crippen LogP contribution in [0.5, 0.6) is 0 Å². The fourth-order valence-corrected chi connectivity index (χ4v) is 0.959. The first-order chi connectivity index (χ1) is 8.31. The molecule has 0 aliphatic rings. The van der Waals surface area contributed by atoms with Gasteiger partial charge in [0.1, 0.15) is 0 Å². The first kappa shape index (κ1) is 16.3. The molecule has 0 amide bonds. The lowest BCUT2D eigenvalue weighted by molar-refractivity contribution is 0.00325. The molecular weight excluding hydrogens is 224 g/mol. The van der Waals surface area contributed by atoms with E-state index in [-0.39, 0.29) is 0 Å². The van der Waals surface area contributed by atoms with Gasteiger partial charge in [-0.05, 0) is 6.42 Å². The number of hydrogen-bond acceptors (Lipinski definition) is 6. The molecule has 17 heavy (non-hydrogen) atoms. The van der Waals surface area contributed by atoms with Crippen LogP contribution in [0.2, 0.25) is 0 Å². The van der Waals surface area contributed by atoms with Crippen molar-refractivity contribution in [3.05, 3.63) is 0 Å². The van der Waals surface area contributed by atoms with Crippen molar-refractivity contribution < 1.29 is 18.9 Å². The Kier molecular flexibility index (Phi) is 12.8. The van der Waals surface area contributed by atoms with Gasteiger partial charge in [-0.3, -0.25) is 0 Å². The molecule has 0 aromatic heterocycles. The highest BCUT2D eigenvalue weighted by Gasteiger charge is 1.98. The van der Waals surface area contributed by atoms with Crippen molar-refractivity contribution in [3.63, 3.8) is 0 Å². The van der Waals surface area contributed by atoms with Gasteiger partial charge in [-0.25, -0.2) is 0 Å². The molecule has 0 radical (unpaired) electrons. The number of ether oxygens (including phenoxy) is 4. The van der Waals surface area contributed by atoms with E-state index in [1.807, 2.05) is 6.07 Å². The zero-order chi connectivity index (χ0) is 12.8. The molecule has 0 heterocycles. The maximum Gasteiger partial charge on any atom is 0.0950 e. The zero-order valence-electron chi connectivity index (χ0n) is 10.4. The van der Waals surface area contributed by atoms with E-state index in [4.69, 9.17) is 29.9 Å². The summed E-state index contributed by atoms with van der Waals surface area (Å²) in [6, 6.07) is 1.50. The minimum atomic E-state index is -0.440. The van der Waals surface area contributed by atoms with Crippen molar-refractivity contribution >= 4 is 0 Å². The Bertz CT molecular complexity index is 196. The predicted molar refractivity (Wildman–Crippen MR) is 62.5 cm³/mol. The van der Waals surface area contributed by atoms with Gasteiger partial charge >= 0.3 is 0 Å². The van der Waals surface area contributed by atoms with Crippen molar-refractivity contribution in [2.75, 3.05) is 53.4 Å². The van der Waals surface area contributed by atoms with E-state index in [9.17, 15) is 0 Å². The molecule has 1 unspecified atom stereocenters. The van der Waals surface area contributed by atoms with Crippen LogP contribution in [-0.4, -0.2) is 59.4 Å². The summed E-state index contributed by atoms with van der Waals surface area (Å²) in [5, 5.41) is 8.42. The normalized spacial score (nSPS) is 12.3. The number of nitrogens with zero attached hydrogens (tertiary/aromatic N) is 1. The Hall–Kier alpha value is -0.710. The van der Waals surface area contributed by atoms with E-state index >= 15 is 0 Å². The Morgan fingerprint density at radius 3 is 1.88 bits per heavy atom. The van der Waals surface area contributed by atoms with Gasteiger partial charge in [0, 0.05) is 13.7 Å². The lowest BCUT2D eigenvalue weighted by Crippen LogP contribution is -2.20. The van der Waals surface area contributed by atoms with Gasteiger partial charge in [0.2, 0.25) is 0 Å². The monoisotopic (exact) mass is 246 g/mol. The smallest absolute Gasteiger partial charge is 0.0950 e. The number of rotatable bonds is 12. The Labute approximate surface area is 103 Å². The summed E-state index contributed by atoms with van der Waals surface area (Å²) in [4.78, 5) is 0. The first-order valence-electron chi connectivity index (χ1n) is 5.68. The summed E-state index contributed by atoms with van der Waals surface area (Å²) in [5.74, 6) is 0. The third-order valence-corrected chi connectivity index (χ3v) is 1.91. The maximum absolute atomic E-state index is 8.42. The molecule has 0 aliphatic carbocycles. The Balaban J connectivity index is 2.97. The third kappa shape index (κ3) is 13.2. The molecule has 2 N–H and O–H groups in total. The van der Waals surface area contributed by atoms with Crippen LogP contribution < -0.4 is 5.73 Å². The number of nitriles is 1. The van der Waals surface area contributed by atoms with Crippen LogP contribution in [0.15, 0.2) is 0 Å². The van der Waals surface area contributed by atoms with E-state index in [1.165, 1.54) is 0 Å². The van der Waals surface area contributed by atoms with Gasteiger partial charge in [0.25, 0.3) is 0 Å². The summed E-state index contributed by atoms with van der Waals surface area (Å²) in [6.45, 7) is 3.81. The molecule has 6 heteroatoms. The highest BCUT2D eigenvalue weighted by molar-refractivity contribution is 4.85. The third-order valence-electron chi connectivity index (χ3n) is 1.91. The van der Waals surface area contributed by atoms with Gasteiger partial charge in [-0.15, -0.1) is 0 Å². The van der Waals surface area contributed by atoms with Crippen LogP contribution in [0.25, 0.3) is 0 Å². The largest absolute Gasteiger partial charge is 0.382 e. The Morgan fingerprint density at radius 1 is 0.941 bits per heavy atom. The van der Waals surface area contributed by atoms with Crippen molar-refractivity contribution in [1.82, 2.24) is 0 Å². The summed E-state index contributed by atoms with van der Waals surface area (Å²) in [5.41, 5.74) is 5.39. The van der Waals surface area contributed by atoms with Crippen molar-refractivity contribution in [2.24, 2.45) is 5.73 Å². The summed E-state index contributed by atoms with van der Waals surface area (Å²) in [6.07, 6.45) is 0.552. The molecule has 0 bridgehead atoms. The van der Waals surface area contributed by atoms with Crippen molar-refractivity contribution in [2.45, 2.75) is 12.5 Å². The van der Waals surface area contributed by atoms with Crippen LogP contribution in [0, 0.1) is 11.3 Å². The molecule has 0 aromatic carbocycles. The predicted octanol–water partition coefficient (Wildman–Crippen LogP) is -0.0764. The molecule has 0 saturated carbocycles. The fraction of sp³-hybridized carbons (Fsp3) is 0.909. The molecular formula is C11H22N2O4. The average molecular weight is 246 g/mol. The van der Waals surface area contributed by atoms with Crippen LogP contribution in [0.1, 0.15) is 6.42 Å². The molecule has 1 atom stereocenters. The second kappa shape index (κ2) is 13.4. The molecule has 100 valence electrons. The zero-order valence-corrected chi connectivity index (χ0v) is 10.4. The quantitative estimate of drug-likeness (QED) is 0.485. The van der Waals surface area contributed by atoms with Crippen LogP contribution in [-0.2, 0) is 18.9 Å². The highest BCUT2D eigenvalue weighted by atomic mass is 16.6. The Morgan fingerprint density at radius 2 is 1.41 bits per heavy atom. The summed E-state index contributed by atoms with van der Waals surface area (Å²) >= 11 is 0. The van der Waals surface area contributed by atoms with Gasteiger partial charge in [0.15, 0.2) is 0 Å². The molecule has 0 rings (SSSR count). The van der Waals surface area contributed by atoms with Crippen LogP contribution in [0.3, 0.4) is 0 Å². The standard InChI is InChI=1S/C11H22N2O4/c1-14-4-5-16-8-9-17-7-6-15-3-2-11(13)10-12/h11H,2-9,13H2,1H3. The fourth-order valence-electron chi connectivity index (χ4n) is 0.959. The van der Waals surface area contributed by atoms with Crippen molar-refractivity contribution in [1.29, 1.82) is 5.26 Å². The molecule has 6 nitrogen and oxygen atoms in total. The van der Waals surface area contributed by atoms with Crippen LogP contribution in [0.4, 0.5) is 0 Å². The van der Waals surface area contributed by atoms with E-state index < -0.39 is 6.04 Å². The highest BCUT2D eigenvalue weighted by Crippen LogP contribution is 1.88. The molecule has 0 fully saturated rings. The lowest BCUT2D eigenvalue weighted by atomic mass is 10.3. The van der Waals surface area contributed by atoms with Gasteiger partial charge in [-0.2, -0.15) is 5.26 Å². The number of methoxy groups -OCH3 is 1. The minimum Gasteiger partial charge on any atom is -0.382 e. The molecule has 0 saturated heterocycles. The topological polar surface area (TPSA) is 86.7 Å². The lowest BCUT2D eigenvalue weighted by Gasteiger charge is -2.07. The van der Waals surface area contributed by atoms with Gasteiger partial charge in [-0.1, -0.05) is 0 Å². The van der Waals surface area contributed by atoms with Crippen LogP contribution >= 0.6 is 0 Å². The SMILES string of the molecule is COCCOCCOCCOCCC(N)C#N. The van der Waals surface area contributed by atoms with Crippen molar-refractivity contribution in [3.8, 4) is 6.07 Å². The molecule has 0 aliphatic heterocycles. The summed E-state index contributed by atoms with van der Waals surface area (Å²) in [7, 11) is 1.63. The van der Waals surface area contributed by atoms with E-state index in [0.29, 0.717) is 52.7 Å². The second-order valence-electron chi connectivity index (χ2n) is 3.35. The molecule has 0 aromatic rings. The van der Waals surface area contributed by atoms with Gasteiger partial charge in [0.05, 0.1) is 51.8 Å². The number of hydrogen-bond donors (Lipinski definition) is 1. The van der Waals surface area contributed by atoms with Gasteiger partial charge < -0.3 is 24.7 Å². The summed E-state index contributed by atoms with van der Waals surface area (Å²) < 4.78 is 20.5. The first-order valence-corrected chi connectivity index (χ1v) is 5.68. The minimum absolute atomic E-state index is 0.440. The van der Waals surface area contributed by atoms with E-state index in [1.54, 1.807) is 7.11 Å². The molecule has 0 spiro atoms. The second-order valence-corrected chi connectivity index (χ2v) is 3.35. The maximum atomic E-state index is 8.42. The van der Waals surface area contributed by atoms with E-state index in [2.05, 4.69) is 0 Å². The van der Waals surface area contributed by atoms with E-state index in [0.717, 1.165) is 0 Å².